The van der Waals surface area contributed by atoms with Crippen molar-refractivity contribution in [2.24, 2.45) is 0 Å². The zero-order valence-electron chi connectivity index (χ0n) is 14.0. The minimum Gasteiger partial charge on any atom is -0.494 e. The Bertz CT molecular complexity index is 760. The number of pyridine rings is 1. The lowest BCUT2D eigenvalue weighted by atomic mass is 10.1. The second-order valence-corrected chi connectivity index (χ2v) is 5.75. The van der Waals surface area contributed by atoms with Crippen LogP contribution in [0.4, 0.5) is 0 Å². The molecule has 130 valence electrons. The molecule has 0 amide bonds. The van der Waals surface area contributed by atoms with Gasteiger partial charge in [-0.05, 0) is 49.8 Å². The Morgan fingerprint density at radius 3 is 2.88 bits per heavy atom. The van der Waals surface area contributed by atoms with Crippen LogP contribution in [0.3, 0.4) is 0 Å². The van der Waals surface area contributed by atoms with E-state index in [1.54, 1.807) is 7.05 Å². The molecule has 0 bridgehead atoms. The Morgan fingerprint density at radius 1 is 1.42 bits per heavy atom. The van der Waals surface area contributed by atoms with Gasteiger partial charge in [-0.25, -0.2) is 0 Å². The molecule has 0 unspecified atom stereocenters. The van der Waals surface area contributed by atoms with Crippen LogP contribution < -0.4 is 15.6 Å². The number of nitrogens with zero attached hydrogens (tertiary/aromatic N) is 1. The Kier molecular flexibility index (Phi) is 6.57. The molecule has 0 radical (unpaired) electrons. The first-order valence-corrected chi connectivity index (χ1v) is 8.36. The van der Waals surface area contributed by atoms with E-state index in [-0.39, 0.29) is 12.2 Å². The number of aliphatic hydroxyl groups is 1. The molecule has 0 atom stereocenters. The van der Waals surface area contributed by atoms with E-state index < -0.39 is 0 Å². The summed E-state index contributed by atoms with van der Waals surface area (Å²) in [6.07, 6.45) is 0.585. The largest absolute Gasteiger partial charge is 0.494 e. The number of thiocarbonyl (C=S) groups is 1. The second kappa shape index (κ2) is 8.65. The summed E-state index contributed by atoms with van der Waals surface area (Å²) in [5.74, 6) is 0.769. The number of aromatic amines is 1. The van der Waals surface area contributed by atoms with Crippen molar-refractivity contribution in [1.82, 2.24) is 15.2 Å². The van der Waals surface area contributed by atoms with Crippen molar-refractivity contribution in [2.75, 3.05) is 26.8 Å². The molecule has 0 aliphatic heterocycles. The van der Waals surface area contributed by atoms with Crippen LogP contribution in [0.1, 0.15) is 18.9 Å². The number of aliphatic hydroxyl groups excluding tert-OH is 1. The van der Waals surface area contributed by atoms with Gasteiger partial charge in [-0.3, -0.25) is 4.79 Å². The number of hydrogen-bond acceptors (Lipinski definition) is 4. The highest BCUT2D eigenvalue weighted by Crippen LogP contribution is 2.19. The first kappa shape index (κ1) is 18.2. The molecule has 0 aliphatic rings. The molecule has 1 aromatic carbocycles. The lowest BCUT2D eigenvalue weighted by Crippen LogP contribution is -2.39. The topological polar surface area (TPSA) is 77.6 Å². The fraction of sp³-hybridized carbons (Fsp3) is 0.412. The number of hydrogen-bond donors (Lipinski definition) is 3. The van der Waals surface area contributed by atoms with Crippen LogP contribution >= 0.6 is 12.2 Å². The van der Waals surface area contributed by atoms with Crippen molar-refractivity contribution in [3.63, 3.8) is 0 Å². The first-order valence-electron chi connectivity index (χ1n) is 7.95. The van der Waals surface area contributed by atoms with Gasteiger partial charge in [0.1, 0.15) is 5.75 Å². The van der Waals surface area contributed by atoms with Gasteiger partial charge in [0.15, 0.2) is 5.11 Å². The maximum atomic E-state index is 12.3. The fourth-order valence-electron chi connectivity index (χ4n) is 2.48. The third kappa shape index (κ3) is 4.46. The van der Waals surface area contributed by atoms with E-state index in [1.807, 2.05) is 36.1 Å². The van der Waals surface area contributed by atoms with E-state index >= 15 is 0 Å². The van der Waals surface area contributed by atoms with Gasteiger partial charge >= 0.3 is 0 Å². The third-order valence-electron chi connectivity index (χ3n) is 3.65. The van der Waals surface area contributed by atoms with Gasteiger partial charge in [0, 0.05) is 36.7 Å². The Hall–Kier alpha value is -2.12. The van der Waals surface area contributed by atoms with Crippen molar-refractivity contribution >= 4 is 28.2 Å². The van der Waals surface area contributed by atoms with Gasteiger partial charge in [0.05, 0.1) is 13.2 Å². The van der Waals surface area contributed by atoms with Crippen molar-refractivity contribution in [1.29, 1.82) is 0 Å². The summed E-state index contributed by atoms with van der Waals surface area (Å²) in [6.45, 7) is 3.55. The van der Waals surface area contributed by atoms with Crippen LogP contribution in [0.2, 0.25) is 0 Å². The molecule has 6 nitrogen and oxygen atoms in total. The Labute approximate surface area is 146 Å². The smallest absolute Gasteiger partial charge is 0.253 e. The number of rotatable bonds is 7. The number of aromatic nitrogens is 1. The van der Waals surface area contributed by atoms with Crippen LogP contribution in [-0.4, -0.2) is 46.9 Å². The van der Waals surface area contributed by atoms with Crippen LogP contribution in [0.15, 0.2) is 29.1 Å². The maximum absolute atomic E-state index is 12.3. The molecule has 24 heavy (non-hydrogen) atoms. The second-order valence-electron chi connectivity index (χ2n) is 5.36. The summed E-state index contributed by atoms with van der Waals surface area (Å²) in [5, 5.41) is 13.4. The van der Waals surface area contributed by atoms with Crippen LogP contribution in [-0.2, 0) is 6.54 Å². The molecule has 7 heteroatoms. The van der Waals surface area contributed by atoms with Gasteiger partial charge in [-0.1, -0.05) is 0 Å². The van der Waals surface area contributed by atoms with E-state index in [9.17, 15) is 4.79 Å². The molecule has 0 saturated heterocycles. The first-order chi connectivity index (χ1) is 11.6. The minimum atomic E-state index is -0.139. The molecule has 0 spiro atoms. The highest BCUT2D eigenvalue weighted by molar-refractivity contribution is 7.80. The van der Waals surface area contributed by atoms with Crippen molar-refractivity contribution < 1.29 is 9.84 Å². The van der Waals surface area contributed by atoms with Crippen molar-refractivity contribution in [3.8, 4) is 5.75 Å². The fourth-order valence-corrected chi connectivity index (χ4v) is 2.64. The van der Waals surface area contributed by atoms with E-state index in [4.69, 9.17) is 22.1 Å². The summed E-state index contributed by atoms with van der Waals surface area (Å²) in [4.78, 5) is 17.1. The number of nitrogens with one attached hydrogen (secondary N) is 2. The molecular weight excluding hydrogens is 326 g/mol. The Balaban J connectivity index is 2.33. The van der Waals surface area contributed by atoms with Crippen molar-refractivity contribution in [3.05, 3.63) is 40.2 Å². The van der Waals surface area contributed by atoms with E-state index in [1.165, 1.54) is 0 Å². The summed E-state index contributed by atoms with van der Waals surface area (Å²) in [6, 6.07) is 7.45. The zero-order chi connectivity index (χ0) is 17.5. The molecule has 0 saturated carbocycles. The average Bonchev–Trinajstić information content (AvgIpc) is 2.58. The van der Waals surface area contributed by atoms with Gasteiger partial charge in [0.25, 0.3) is 5.56 Å². The summed E-state index contributed by atoms with van der Waals surface area (Å²) >= 11 is 5.28. The molecule has 1 heterocycles. The summed E-state index contributed by atoms with van der Waals surface area (Å²) < 4.78 is 5.51. The van der Waals surface area contributed by atoms with E-state index in [0.717, 1.165) is 16.7 Å². The quantitative estimate of drug-likeness (QED) is 0.660. The minimum absolute atomic E-state index is 0.0780. The summed E-state index contributed by atoms with van der Waals surface area (Å²) in [5.41, 5.74) is 1.25. The normalized spacial score (nSPS) is 10.6. The summed E-state index contributed by atoms with van der Waals surface area (Å²) in [7, 11) is 1.74. The van der Waals surface area contributed by atoms with E-state index in [0.29, 0.717) is 36.8 Å². The van der Waals surface area contributed by atoms with Gasteiger partial charge < -0.3 is 25.0 Å². The van der Waals surface area contributed by atoms with Crippen LogP contribution in [0.5, 0.6) is 5.75 Å². The monoisotopic (exact) mass is 349 g/mol. The molecule has 2 rings (SSSR count). The SMILES string of the molecule is CCOc1ccc2[nH]c(=O)c(CN(CCCO)C(=S)NC)cc2c1. The lowest BCUT2D eigenvalue weighted by molar-refractivity contribution is 0.264. The number of H-pyrrole nitrogens is 1. The van der Waals surface area contributed by atoms with E-state index in [2.05, 4.69) is 10.3 Å². The Morgan fingerprint density at radius 2 is 2.21 bits per heavy atom. The van der Waals surface area contributed by atoms with Crippen LogP contribution in [0.25, 0.3) is 10.9 Å². The van der Waals surface area contributed by atoms with Crippen molar-refractivity contribution in [2.45, 2.75) is 19.9 Å². The highest BCUT2D eigenvalue weighted by atomic mass is 32.1. The lowest BCUT2D eigenvalue weighted by Gasteiger charge is -2.24. The average molecular weight is 349 g/mol. The predicted molar refractivity (Wildman–Crippen MR) is 99.5 cm³/mol. The number of benzene rings is 1. The third-order valence-corrected chi connectivity index (χ3v) is 4.11. The van der Waals surface area contributed by atoms with Gasteiger partial charge in [0.2, 0.25) is 0 Å². The van der Waals surface area contributed by atoms with Gasteiger partial charge in [-0.2, -0.15) is 0 Å². The predicted octanol–water partition coefficient (Wildman–Crippen LogP) is 1.62. The molecule has 3 N–H and O–H groups in total. The number of ether oxygens (including phenoxy) is 1. The highest BCUT2D eigenvalue weighted by Gasteiger charge is 2.12. The standard InChI is InChI=1S/C17H23N3O3S/c1-3-23-14-5-6-15-12(10-14)9-13(16(22)19-15)11-20(7-4-8-21)17(24)18-2/h5-6,9-10,21H,3-4,7-8,11H2,1-2H3,(H,18,24)(H,19,22). The molecule has 0 fully saturated rings. The van der Waals surface area contributed by atoms with Crippen LogP contribution in [0, 0.1) is 0 Å². The molecule has 1 aromatic heterocycles. The zero-order valence-corrected chi connectivity index (χ0v) is 14.8. The van der Waals surface area contributed by atoms with Gasteiger partial charge in [-0.15, -0.1) is 0 Å². The molecule has 0 aliphatic carbocycles. The number of fused-ring (bicyclic) bond motifs is 1. The maximum Gasteiger partial charge on any atom is 0.253 e. The molecule has 2 aromatic rings. The molecular formula is C17H23N3O3S.